The van der Waals surface area contributed by atoms with Gasteiger partial charge in [0.1, 0.15) is 6.17 Å². The van der Waals surface area contributed by atoms with E-state index in [0.29, 0.717) is 5.56 Å². The molecule has 0 unspecified atom stereocenters. The standard InChI is InChI=1S/C19H20N6O2S/c20-28(26,27)18-12(11-5-6-11)7-8-15(17(18)19-22-24-25-23-19)13-9-10-21-16-4-2-1-3-14(13)16/h1-4,7-11,19,22-25H,5-6H2,(H2,20,26,27). The third kappa shape index (κ3) is 2.98. The topological polar surface area (TPSA) is 121 Å². The van der Waals surface area contributed by atoms with Gasteiger partial charge in [-0.15, -0.1) is 0 Å². The van der Waals surface area contributed by atoms with Gasteiger partial charge in [0.2, 0.25) is 10.0 Å². The average molecular weight is 396 g/mol. The lowest BCUT2D eigenvalue weighted by molar-refractivity contribution is 0.539. The maximum atomic E-state index is 12.7. The number of nitrogens with zero attached hydrogens (tertiary/aromatic N) is 1. The zero-order valence-corrected chi connectivity index (χ0v) is 15.8. The van der Waals surface area contributed by atoms with Crippen molar-refractivity contribution in [2.24, 2.45) is 5.14 Å². The Balaban J connectivity index is 1.85. The van der Waals surface area contributed by atoms with Crippen LogP contribution in [0.2, 0.25) is 0 Å². The minimum Gasteiger partial charge on any atom is -0.256 e. The maximum absolute atomic E-state index is 12.7. The number of nitrogens with two attached hydrogens (primary N) is 1. The molecule has 0 amide bonds. The maximum Gasteiger partial charge on any atom is 0.238 e. The fourth-order valence-corrected chi connectivity index (χ4v) is 5.00. The first kappa shape index (κ1) is 17.7. The van der Waals surface area contributed by atoms with Gasteiger partial charge in [-0.1, -0.05) is 30.3 Å². The van der Waals surface area contributed by atoms with Gasteiger partial charge < -0.3 is 0 Å². The van der Waals surface area contributed by atoms with E-state index in [2.05, 4.69) is 26.9 Å². The monoisotopic (exact) mass is 396 g/mol. The molecular weight excluding hydrogens is 376 g/mol. The zero-order chi connectivity index (χ0) is 19.3. The Labute approximate surface area is 162 Å². The van der Waals surface area contributed by atoms with Crippen LogP contribution in [0.4, 0.5) is 0 Å². The van der Waals surface area contributed by atoms with Crippen LogP contribution >= 0.6 is 0 Å². The molecule has 1 aromatic heterocycles. The van der Waals surface area contributed by atoms with E-state index in [-0.39, 0.29) is 10.8 Å². The van der Waals surface area contributed by atoms with Crippen molar-refractivity contribution in [3.8, 4) is 11.1 Å². The van der Waals surface area contributed by atoms with Gasteiger partial charge in [-0.25, -0.2) is 24.4 Å². The van der Waals surface area contributed by atoms with Crippen molar-refractivity contribution in [1.29, 1.82) is 0 Å². The Morgan fingerprint density at radius 2 is 1.71 bits per heavy atom. The zero-order valence-electron chi connectivity index (χ0n) is 14.9. The van der Waals surface area contributed by atoms with Crippen LogP contribution in [0, 0.1) is 0 Å². The SMILES string of the molecule is NS(=O)(=O)c1c(C2CC2)ccc(-c2ccnc3ccccc23)c1C1NNNN1. The Bertz CT molecular complexity index is 1170. The minimum atomic E-state index is -3.94. The number of benzene rings is 2. The minimum absolute atomic E-state index is 0.198. The molecule has 6 N–H and O–H groups in total. The van der Waals surface area contributed by atoms with Gasteiger partial charge in [0.15, 0.2) is 0 Å². The van der Waals surface area contributed by atoms with Crippen LogP contribution in [0.25, 0.3) is 22.0 Å². The molecule has 5 rings (SSSR count). The number of nitrogens with one attached hydrogen (secondary N) is 4. The number of hydrazine groups is 3. The first-order chi connectivity index (χ1) is 13.5. The number of hydrogen-bond donors (Lipinski definition) is 5. The van der Waals surface area contributed by atoms with Crippen LogP contribution in [0.1, 0.15) is 36.1 Å². The Hall–Kier alpha value is -2.40. The Morgan fingerprint density at radius 1 is 0.964 bits per heavy atom. The lowest BCUT2D eigenvalue weighted by atomic mass is 9.92. The number of primary sulfonamides is 1. The van der Waals surface area contributed by atoms with Crippen molar-refractivity contribution in [1.82, 2.24) is 26.9 Å². The molecular formula is C19H20N6O2S. The highest BCUT2D eigenvalue weighted by atomic mass is 32.2. The molecule has 1 aliphatic carbocycles. The van der Waals surface area contributed by atoms with Crippen LogP contribution in [-0.4, -0.2) is 13.4 Å². The van der Waals surface area contributed by atoms with Crippen LogP contribution in [0.3, 0.4) is 0 Å². The Morgan fingerprint density at radius 3 is 2.43 bits per heavy atom. The molecule has 0 radical (unpaired) electrons. The summed E-state index contributed by atoms with van der Waals surface area (Å²) in [6, 6.07) is 13.6. The van der Waals surface area contributed by atoms with Gasteiger partial charge in [-0.05, 0) is 47.6 Å². The third-order valence-corrected chi connectivity index (χ3v) is 6.28. The van der Waals surface area contributed by atoms with E-state index in [9.17, 15) is 8.42 Å². The summed E-state index contributed by atoms with van der Waals surface area (Å²) in [5.74, 6) is 0.234. The van der Waals surface area contributed by atoms with Crippen LogP contribution in [0.5, 0.6) is 0 Å². The molecule has 1 saturated heterocycles. The number of sulfonamides is 1. The van der Waals surface area contributed by atoms with E-state index in [0.717, 1.165) is 40.4 Å². The highest BCUT2D eigenvalue weighted by Gasteiger charge is 2.35. The van der Waals surface area contributed by atoms with Crippen molar-refractivity contribution in [2.45, 2.75) is 29.8 Å². The summed E-state index contributed by atoms with van der Waals surface area (Å²) >= 11 is 0. The highest BCUT2D eigenvalue weighted by Crippen LogP contribution is 2.46. The van der Waals surface area contributed by atoms with Gasteiger partial charge >= 0.3 is 0 Å². The van der Waals surface area contributed by atoms with Crippen molar-refractivity contribution in [3.63, 3.8) is 0 Å². The molecule has 28 heavy (non-hydrogen) atoms. The number of pyridine rings is 1. The summed E-state index contributed by atoms with van der Waals surface area (Å²) in [6.45, 7) is 0. The number of hydrogen-bond acceptors (Lipinski definition) is 7. The van der Waals surface area contributed by atoms with Gasteiger partial charge in [0.25, 0.3) is 0 Å². The number of para-hydroxylation sites is 1. The Kier molecular flexibility index (Phi) is 4.16. The van der Waals surface area contributed by atoms with E-state index in [1.54, 1.807) is 6.20 Å². The molecule has 0 atom stereocenters. The second kappa shape index (κ2) is 6.59. The van der Waals surface area contributed by atoms with Crippen LogP contribution in [-0.2, 0) is 10.0 Å². The normalized spacial score (nSPS) is 18.0. The number of fused-ring (bicyclic) bond motifs is 1. The summed E-state index contributed by atoms with van der Waals surface area (Å²) in [5, 5.41) is 6.66. The van der Waals surface area contributed by atoms with Crippen LogP contribution < -0.4 is 27.1 Å². The quantitative estimate of drug-likeness (QED) is 0.454. The van der Waals surface area contributed by atoms with Crippen molar-refractivity contribution >= 4 is 20.9 Å². The lowest BCUT2D eigenvalue weighted by Gasteiger charge is -2.22. The lowest BCUT2D eigenvalue weighted by Crippen LogP contribution is -2.33. The van der Waals surface area contributed by atoms with E-state index < -0.39 is 16.2 Å². The summed E-state index contributed by atoms with van der Waals surface area (Å²) in [7, 11) is -3.94. The van der Waals surface area contributed by atoms with Crippen molar-refractivity contribution in [3.05, 3.63) is 59.8 Å². The van der Waals surface area contributed by atoms with E-state index in [1.807, 2.05) is 42.5 Å². The molecule has 1 saturated carbocycles. The molecule has 2 fully saturated rings. The van der Waals surface area contributed by atoms with Gasteiger partial charge in [0.05, 0.1) is 10.4 Å². The highest BCUT2D eigenvalue weighted by molar-refractivity contribution is 7.89. The van der Waals surface area contributed by atoms with Gasteiger partial charge in [-0.3, -0.25) is 4.98 Å². The summed E-state index contributed by atoms with van der Waals surface area (Å²) in [6.07, 6.45) is 3.20. The molecule has 144 valence electrons. The molecule has 1 aliphatic heterocycles. The van der Waals surface area contributed by atoms with Gasteiger partial charge in [-0.2, -0.15) is 11.1 Å². The second-order valence-corrected chi connectivity index (χ2v) is 8.61. The number of rotatable bonds is 4. The first-order valence-corrected chi connectivity index (χ1v) is 10.6. The molecule has 8 nitrogen and oxygen atoms in total. The smallest absolute Gasteiger partial charge is 0.238 e. The van der Waals surface area contributed by atoms with Crippen LogP contribution in [0.15, 0.2) is 53.6 Å². The summed E-state index contributed by atoms with van der Waals surface area (Å²) in [5.41, 5.74) is 15.5. The van der Waals surface area contributed by atoms with E-state index >= 15 is 0 Å². The number of aromatic nitrogens is 1. The molecule has 0 spiro atoms. The predicted molar refractivity (Wildman–Crippen MR) is 106 cm³/mol. The molecule has 2 heterocycles. The van der Waals surface area contributed by atoms with Gasteiger partial charge in [0, 0.05) is 17.1 Å². The summed E-state index contributed by atoms with van der Waals surface area (Å²) in [4.78, 5) is 4.62. The van der Waals surface area contributed by atoms with E-state index in [1.165, 1.54) is 0 Å². The average Bonchev–Trinajstić information content (AvgIpc) is 3.40. The van der Waals surface area contributed by atoms with Crippen molar-refractivity contribution in [2.75, 3.05) is 0 Å². The van der Waals surface area contributed by atoms with Crippen molar-refractivity contribution < 1.29 is 8.42 Å². The predicted octanol–water partition coefficient (Wildman–Crippen LogP) is 1.54. The fourth-order valence-electron chi connectivity index (χ4n) is 3.90. The molecule has 3 aromatic rings. The molecule has 0 bridgehead atoms. The van der Waals surface area contributed by atoms with E-state index in [4.69, 9.17) is 5.14 Å². The third-order valence-electron chi connectivity index (χ3n) is 5.25. The first-order valence-electron chi connectivity index (χ1n) is 9.09. The second-order valence-electron chi connectivity index (χ2n) is 7.11. The molecule has 9 heteroatoms. The largest absolute Gasteiger partial charge is 0.256 e. The molecule has 2 aliphatic rings. The molecule has 2 aromatic carbocycles. The summed E-state index contributed by atoms with van der Waals surface area (Å²) < 4.78 is 25.4. The fraction of sp³-hybridized carbons (Fsp3) is 0.211.